The van der Waals surface area contributed by atoms with Crippen molar-refractivity contribution in [2.45, 2.75) is 39.5 Å². The monoisotopic (exact) mass is 335 g/mol. The Bertz CT molecular complexity index is 477. The second-order valence-electron chi connectivity index (χ2n) is 5.69. The van der Waals surface area contributed by atoms with E-state index in [9.17, 15) is 0 Å². The van der Waals surface area contributed by atoms with Crippen molar-refractivity contribution in [1.29, 1.82) is 0 Å². The van der Waals surface area contributed by atoms with Gasteiger partial charge in [0, 0.05) is 38.8 Å². The standard InChI is InChI=1S/C19H33N3O2/c1-5-20-19(21-13-9-10-14-24-6-2)22-15-16(3)17-11-7-8-12-18(17)23-4/h7-8,11-12,16H,5-6,9-10,13-15H2,1-4H3,(H2,20,21,22). The molecule has 1 aromatic carbocycles. The van der Waals surface area contributed by atoms with Crippen LogP contribution in [0.5, 0.6) is 5.75 Å². The molecule has 2 N–H and O–H groups in total. The summed E-state index contributed by atoms with van der Waals surface area (Å²) in [5.74, 6) is 2.10. The number of guanidine groups is 1. The van der Waals surface area contributed by atoms with Gasteiger partial charge in [0.05, 0.1) is 7.11 Å². The molecule has 0 bridgehead atoms. The van der Waals surface area contributed by atoms with Crippen LogP contribution in [-0.2, 0) is 4.74 Å². The molecule has 5 nitrogen and oxygen atoms in total. The van der Waals surface area contributed by atoms with Crippen LogP contribution in [-0.4, -0.2) is 45.9 Å². The van der Waals surface area contributed by atoms with Gasteiger partial charge in [-0.2, -0.15) is 0 Å². The summed E-state index contributed by atoms with van der Waals surface area (Å²) in [5, 5.41) is 6.68. The van der Waals surface area contributed by atoms with Crippen LogP contribution in [0.4, 0.5) is 0 Å². The molecule has 0 heterocycles. The number of para-hydroxylation sites is 1. The number of methoxy groups -OCH3 is 1. The van der Waals surface area contributed by atoms with Crippen LogP contribution in [0.15, 0.2) is 29.3 Å². The van der Waals surface area contributed by atoms with Crippen LogP contribution < -0.4 is 15.4 Å². The molecule has 1 unspecified atom stereocenters. The molecule has 0 amide bonds. The van der Waals surface area contributed by atoms with E-state index in [1.165, 1.54) is 5.56 Å². The highest BCUT2D eigenvalue weighted by molar-refractivity contribution is 5.79. The van der Waals surface area contributed by atoms with Gasteiger partial charge in [-0.3, -0.25) is 4.99 Å². The fraction of sp³-hybridized carbons (Fsp3) is 0.632. The van der Waals surface area contributed by atoms with Gasteiger partial charge in [0.2, 0.25) is 0 Å². The molecule has 0 aliphatic rings. The molecular weight excluding hydrogens is 302 g/mol. The first-order valence-electron chi connectivity index (χ1n) is 8.95. The lowest BCUT2D eigenvalue weighted by Gasteiger charge is -2.15. The van der Waals surface area contributed by atoms with Gasteiger partial charge in [0.1, 0.15) is 5.75 Å². The second kappa shape index (κ2) is 12.6. The average Bonchev–Trinajstić information content (AvgIpc) is 2.62. The van der Waals surface area contributed by atoms with Gasteiger partial charge in [-0.15, -0.1) is 0 Å². The summed E-state index contributed by atoms with van der Waals surface area (Å²) in [4.78, 5) is 4.71. The number of rotatable bonds is 11. The lowest BCUT2D eigenvalue weighted by Crippen LogP contribution is -2.38. The first kappa shape index (κ1) is 20.3. The second-order valence-corrected chi connectivity index (χ2v) is 5.69. The van der Waals surface area contributed by atoms with Crippen molar-refractivity contribution in [3.63, 3.8) is 0 Å². The molecule has 0 fully saturated rings. The Balaban J connectivity index is 2.49. The summed E-state index contributed by atoms with van der Waals surface area (Å²) in [5.41, 5.74) is 1.19. The summed E-state index contributed by atoms with van der Waals surface area (Å²) in [6, 6.07) is 8.14. The summed E-state index contributed by atoms with van der Waals surface area (Å²) in [6.45, 7) is 10.4. The van der Waals surface area contributed by atoms with E-state index in [-0.39, 0.29) is 0 Å². The molecular formula is C19H33N3O2. The van der Waals surface area contributed by atoms with Crippen LogP contribution in [0.2, 0.25) is 0 Å². The Hall–Kier alpha value is -1.75. The van der Waals surface area contributed by atoms with E-state index >= 15 is 0 Å². The highest BCUT2D eigenvalue weighted by Gasteiger charge is 2.10. The van der Waals surface area contributed by atoms with E-state index in [0.717, 1.165) is 50.9 Å². The third-order valence-electron chi connectivity index (χ3n) is 3.75. The number of nitrogens with zero attached hydrogens (tertiary/aromatic N) is 1. The quantitative estimate of drug-likeness (QED) is 0.370. The summed E-state index contributed by atoms with van der Waals surface area (Å²) in [7, 11) is 1.71. The molecule has 24 heavy (non-hydrogen) atoms. The number of aliphatic imine (C=N–C) groups is 1. The van der Waals surface area contributed by atoms with Crippen LogP contribution in [0.1, 0.15) is 45.1 Å². The highest BCUT2D eigenvalue weighted by Crippen LogP contribution is 2.26. The number of nitrogens with one attached hydrogen (secondary N) is 2. The maximum absolute atomic E-state index is 5.44. The van der Waals surface area contributed by atoms with Crippen molar-refractivity contribution < 1.29 is 9.47 Å². The Morgan fingerprint density at radius 2 is 1.96 bits per heavy atom. The zero-order chi connectivity index (χ0) is 17.6. The van der Waals surface area contributed by atoms with E-state index in [4.69, 9.17) is 14.5 Å². The zero-order valence-electron chi connectivity index (χ0n) is 15.6. The zero-order valence-corrected chi connectivity index (χ0v) is 15.6. The molecule has 0 radical (unpaired) electrons. The Kier molecular flexibility index (Phi) is 10.7. The van der Waals surface area contributed by atoms with E-state index in [1.54, 1.807) is 7.11 Å². The number of benzene rings is 1. The van der Waals surface area contributed by atoms with E-state index < -0.39 is 0 Å². The van der Waals surface area contributed by atoms with Gasteiger partial charge in [0.15, 0.2) is 5.96 Å². The summed E-state index contributed by atoms with van der Waals surface area (Å²) < 4.78 is 10.8. The molecule has 0 saturated heterocycles. The topological polar surface area (TPSA) is 54.9 Å². The van der Waals surface area contributed by atoms with Crippen LogP contribution in [0.3, 0.4) is 0 Å². The van der Waals surface area contributed by atoms with Gasteiger partial charge in [-0.25, -0.2) is 0 Å². The lowest BCUT2D eigenvalue weighted by molar-refractivity contribution is 0.143. The molecule has 0 aromatic heterocycles. The van der Waals surface area contributed by atoms with Gasteiger partial charge >= 0.3 is 0 Å². The van der Waals surface area contributed by atoms with Crippen molar-refractivity contribution in [2.24, 2.45) is 4.99 Å². The van der Waals surface area contributed by atoms with Crippen molar-refractivity contribution in [3.8, 4) is 5.75 Å². The van der Waals surface area contributed by atoms with Crippen molar-refractivity contribution >= 4 is 5.96 Å². The highest BCUT2D eigenvalue weighted by atomic mass is 16.5. The maximum atomic E-state index is 5.44. The van der Waals surface area contributed by atoms with Gasteiger partial charge in [-0.1, -0.05) is 25.1 Å². The SMILES string of the molecule is CCNC(=NCC(C)c1ccccc1OC)NCCCCOCC. The molecule has 0 aliphatic carbocycles. The number of hydrogen-bond donors (Lipinski definition) is 2. The minimum atomic E-state index is 0.301. The van der Waals surface area contributed by atoms with Crippen LogP contribution in [0.25, 0.3) is 0 Å². The molecule has 1 rings (SSSR count). The molecule has 1 atom stereocenters. The van der Waals surface area contributed by atoms with Crippen molar-refractivity contribution in [1.82, 2.24) is 10.6 Å². The van der Waals surface area contributed by atoms with Crippen molar-refractivity contribution in [2.75, 3.05) is 40.0 Å². The minimum Gasteiger partial charge on any atom is -0.496 e. The van der Waals surface area contributed by atoms with E-state index in [2.05, 4.69) is 30.5 Å². The molecule has 0 saturated carbocycles. The normalized spacial score (nSPS) is 12.8. The average molecular weight is 335 g/mol. The number of hydrogen-bond acceptors (Lipinski definition) is 3. The summed E-state index contributed by atoms with van der Waals surface area (Å²) in [6.07, 6.45) is 2.14. The predicted molar refractivity (Wildman–Crippen MR) is 101 cm³/mol. The van der Waals surface area contributed by atoms with Gasteiger partial charge in [-0.05, 0) is 38.3 Å². The third-order valence-corrected chi connectivity index (χ3v) is 3.75. The molecule has 5 heteroatoms. The van der Waals surface area contributed by atoms with E-state index in [0.29, 0.717) is 12.5 Å². The molecule has 1 aromatic rings. The minimum absolute atomic E-state index is 0.301. The van der Waals surface area contributed by atoms with Crippen LogP contribution >= 0.6 is 0 Å². The predicted octanol–water partition coefficient (Wildman–Crippen LogP) is 3.17. The third kappa shape index (κ3) is 7.68. The fourth-order valence-corrected chi connectivity index (χ4v) is 2.42. The molecule has 0 spiro atoms. The summed E-state index contributed by atoms with van der Waals surface area (Å²) >= 11 is 0. The van der Waals surface area contributed by atoms with Crippen molar-refractivity contribution in [3.05, 3.63) is 29.8 Å². The largest absolute Gasteiger partial charge is 0.496 e. The fourth-order valence-electron chi connectivity index (χ4n) is 2.42. The van der Waals surface area contributed by atoms with Gasteiger partial charge < -0.3 is 20.1 Å². The number of unbranched alkanes of at least 4 members (excludes halogenated alkanes) is 1. The number of ether oxygens (including phenoxy) is 2. The molecule has 0 aliphatic heterocycles. The Morgan fingerprint density at radius 1 is 1.17 bits per heavy atom. The first-order valence-corrected chi connectivity index (χ1v) is 8.95. The Morgan fingerprint density at radius 3 is 2.67 bits per heavy atom. The lowest BCUT2D eigenvalue weighted by atomic mass is 10.0. The van der Waals surface area contributed by atoms with E-state index in [1.807, 2.05) is 25.1 Å². The first-order chi connectivity index (χ1) is 11.7. The van der Waals surface area contributed by atoms with Crippen LogP contribution in [0, 0.1) is 0 Å². The Labute approximate surface area is 146 Å². The smallest absolute Gasteiger partial charge is 0.191 e. The molecule has 136 valence electrons. The van der Waals surface area contributed by atoms with Gasteiger partial charge in [0.25, 0.3) is 0 Å². The maximum Gasteiger partial charge on any atom is 0.191 e.